The van der Waals surface area contributed by atoms with Crippen LogP contribution >= 0.6 is 12.2 Å². The van der Waals surface area contributed by atoms with Gasteiger partial charge in [0.1, 0.15) is 0 Å². The molecule has 0 bridgehead atoms. The highest BCUT2D eigenvalue weighted by Crippen LogP contribution is 2.39. The standard InChI is InChI=1S/C13H17N3S/c1-13(5-2-3-6-13)9-16-11-4-7-14-8-10(11)15-12(16)17/h4,7-8H,2-3,5-6,9H2,1H3,(H,15,17). The summed E-state index contributed by atoms with van der Waals surface area (Å²) in [4.78, 5) is 7.36. The van der Waals surface area contributed by atoms with Crippen LogP contribution in [0.25, 0.3) is 11.0 Å². The average molecular weight is 247 g/mol. The van der Waals surface area contributed by atoms with E-state index in [0.29, 0.717) is 5.41 Å². The normalized spacial score (nSPS) is 18.9. The van der Waals surface area contributed by atoms with Gasteiger partial charge in [-0.25, -0.2) is 0 Å². The molecule has 17 heavy (non-hydrogen) atoms. The van der Waals surface area contributed by atoms with Crippen LogP contribution in [0, 0.1) is 10.2 Å². The van der Waals surface area contributed by atoms with Gasteiger partial charge < -0.3 is 9.55 Å². The lowest BCUT2D eigenvalue weighted by Crippen LogP contribution is -2.19. The Morgan fingerprint density at radius 2 is 2.24 bits per heavy atom. The molecule has 1 aliphatic carbocycles. The molecule has 2 aromatic heterocycles. The molecule has 3 nitrogen and oxygen atoms in total. The molecule has 2 aromatic rings. The van der Waals surface area contributed by atoms with Crippen molar-refractivity contribution in [2.75, 3.05) is 0 Å². The minimum atomic E-state index is 0.413. The van der Waals surface area contributed by atoms with Gasteiger partial charge in [-0.3, -0.25) is 4.98 Å². The molecule has 0 atom stereocenters. The molecule has 3 rings (SSSR count). The second kappa shape index (κ2) is 3.95. The fourth-order valence-electron chi connectivity index (χ4n) is 2.94. The summed E-state index contributed by atoms with van der Waals surface area (Å²) in [5.41, 5.74) is 2.63. The van der Waals surface area contributed by atoms with Gasteiger partial charge in [0.25, 0.3) is 0 Å². The van der Waals surface area contributed by atoms with Crippen LogP contribution in [0.15, 0.2) is 18.5 Å². The van der Waals surface area contributed by atoms with Gasteiger partial charge in [0.05, 0.1) is 17.2 Å². The zero-order valence-electron chi connectivity index (χ0n) is 10.1. The maximum Gasteiger partial charge on any atom is 0.178 e. The highest BCUT2D eigenvalue weighted by molar-refractivity contribution is 7.71. The van der Waals surface area contributed by atoms with Gasteiger partial charge in [0.15, 0.2) is 4.77 Å². The van der Waals surface area contributed by atoms with Crippen LogP contribution in [0.2, 0.25) is 0 Å². The van der Waals surface area contributed by atoms with Crippen molar-refractivity contribution < 1.29 is 0 Å². The smallest absolute Gasteiger partial charge is 0.178 e. The molecule has 0 amide bonds. The molecule has 0 spiro atoms. The van der Waals surface area contributed by atoms with Crippen molar-refractivity contribution in [3.05, 3.63) is 23.2 Å². The van der Waals surface area contributed by atoms with Crippen LogP contribution in [-0.2, 0) is 6.54 Å². The van der Waals surface area contributed by atoms with E-state index >= 15 is 0 Å². The van der Waals surface area contributed by atoms with E-state index in [1.807, 2.05) is 18.5 Å². The number of H-pyrrole nitrogens is 1. The largest absolute Gasteiger partial charge is 0.329 e. The van der Waals surface area contributed by atoms with E-state index in [9.17, 15) is 0 Å². The molecule has 0 saturated heterocycles. The van der Waals surface area contributed by atoms with Gasteiger partial charge >= 0.3 is 0 Å². The molecule has 1 saturated carbocycles. The van der Waals surface area contributed by atoms with Crippen LogP contribution in [0.4, 0.5) is 0 Å². The predicted octanol–water partition coefficient (Wildman–Crippen LogP) is 3.67. The van der Waals surface area contributed by atoms with Gasteiger partial charge in [-0.1, -0.05) is 19.8 Å². The summed E-state index contributed by atoms with van der Waals surface area (Å²) in [6.07, 6.45) is 9.01. The van der Waals surface area contributed by atoms with Gasteiger partial charge in [-0.2, -0.15) is 0 Å². The molecule has 1 aliphatic rings. The Kier molecular flexibility index (Phi) is 2.54. The highest BCUT2D eigenvalue weighted by Gasteiger charge is 2.29. The van der Waals surface area contributed by atoms with Crippen molar-refractivity contribution in [2.45, 2.75) is 39.2 Å². The van der Waals surface area contributed by atoms with E-state index in [1.54, 1.807) is 0 Å². The van der Waals surface area contributed by atoms with Crippen molar-refractivity contribution >= 4 is 23.3 Å². The van der Waals surface area contributed by atoms with Crippen LogP contribution in [-0.4, -0.2) is 14.5 Å². The molecular formula is C13H17N3S. The minimum absolute atomic E-state index is 0.413. The first-order valence-corrected chi connectivity index (χ1v) is 6.61. The van der Waals surface area contributed by atoms with Gasteiger partial charge in [-0.05, 0) is 36.5 Å². The Balaban J connectivity index is 2.05. The number of nitrogens with zero attached hydrogens (tertiary/aromatic N) is 2. The second-order valence-corrected chi connectivity index (χ2v) is 5.81. The first kappa shape index (κ1) is 11.0. The lowest BCUT2D eigenvalue weighted by atomic mass is 9.89. The predicted molar refractivity (Wildman–Crippen MR) is 71.5 cm³/mol. The van der Waals surface area contributed by atoms with Crippen LogP contribution in [0.1, 0.15) is 32.6 Å². The monoisotopic (exact) mass is 247 g/mol. The number of pyridine rings is 1. The first-order valence-electron chi connectivity index (χ1n) is 6.21. The van der Waals surface area contributed by atoms with Crippen LogP contribution in [0.3, 0.4) is 0 Å². The van der Waals surface area contributed by atoms with Crippen molar-refractivity contribution in [1.82, 2.24) is 14.5 Å². The average Bonchev–Trinajstić information content (AvgIpc) is 2.86. The lowest BCUT2D eigenvalue weighted by molar-refractivity contribution is 0.284. The van der Waals surface area contributed by atoms with Crippen LogP contribution in [0.5, 0.6) is 0 Å². The third kappa shape index (κ3) is 1.90. The Morgan fingerprint density at radius 1 is 1.47 bits per heavy atom. The van der Waals surface area contributed by atoms with E-state index < -0.39 is 0 Å². The van der Waals surface area contributed by atoms with Crippen molar-refractivity contribution in [1.29, 1.82) is 0 Å². The van der Waals surface area contributed by atoms with Crippen LogP contribution < -0.4 is 0 Å². The molecule has 0 aliphatic heterocycles. The summed E-state index contributed by atoms with van der Waals surface area (Å²) in [6.45, 7) is 3.40. The molecular weight excluding hydrogens is 230 g/mol. The fourth-order valence-corrected chi connectivity index (χ4v) is 3.21. The van der Waals surface area contributed by atoms with E-state index in [4.69, 9.17) is 12.2 Å². The number of aromatic nitrogens is 3. The van der Waals surface area contributed by atoms with Crippen molar-refractivity contribution in [3.8, 4) is 0 Å². The number of hydrogen-bond donors (Lipinski definition) is 1. The van der Waals surface area contributed by atoms with E-state index in [1.165, 1.54) is 31.2 Å². The first-order chi connectivity index (χ1) is 8.18. The Hall–Kier alpha value is -1.16. The maximum atomic E-state index is 5.42. The summed E-state index contributed by atoms with van der Waals surface area (Å²) in [5, 5.41) is 0. The second-order valence-electron chi connectivity index (χ2n) is 5.43. The number of aromatic amines is 1. The van der Waals surface area contributed by atoms with Crippen molar-refractivity contribution in [3.63, 3.8) is 0 Å². The summed E-state index contributed by atoms with van der Waals surface area (Å²) in [5.74, 6) is 0. The summed E-state index contributed by atoms with van der Waals surface area (Å²) in [7, 11) is 0. The van der Waals surface area contributed by atoms with E-state index in [-0.39, 0.29) is 0 Å². The molecule has 0 unspecified atom stereocenters. The third-order valence-corrected chi connectivity index (χ3v) is 4.25. The number of imidazole rings is 1. The van der Waals surface area contributed by atoms with Gasteiger partial charge in [0.2, 0.25) is 0 Å². The molecule has 90 valence electrons. The molecule has 2 heterocycles. The Morgan fingerprint density at radius 3 is 3.00 bits per heavy atom. The molecule has 1 N–H and O–H groups in total. The van der Waals surface area contributed by atoms with Crippen molar-refractivity contribution in [2.24, 2.45) is 5.41 Å². The zero-order valence-corrected chi connectivity index (χ0v) is 10.9. The van der Waals surface area contributed by atoms with E-state index in [0.717, 1.165) is 16.8 Å². The van der Waals surface area contributed by atoms with Gasteiger partial charge in [-0.15, -0.1) is 0 Å². The minimum Gasteiger partial charge on any atom is -0.329 e. The Labute approximate surface area is 106 Å². The number of nitrogens with one attached hydrogen (secondary N) is 1. The topological polar surface area (TPSA) is 33.6 Å². The summed E-state index contributed by atoms with van der Waals surface area (Å²) in [6, 6.07) is 2.04. The third-order valence-electron chi connectivity index (χ3n) is 3.93. The number of rotatable bonds is 2. The molecule has 0 aromatic carbocycles. The number of fused-ring (bicyclic) bond motifs is 1. The van der Waals surface area contributed by atoms with Gasteiger partial charge in [0, 0.05) is 12.7 Å². The number of hydrogen-bond acceptors (Lipinski definition) is 2. The molecule has 4 heteroatoms. The van der Waals surface area contributed by atoms with E-state index in [2.05, 4.69) is 21.5 Å². The summed E-state index contributed by atoms with van der Waals surface area (Å²) < 4.78 is 3.05. The quantitative estimate of drug-likeness (QED) is 0.821. The Bertz CT molecular complexity index is 590. The zero-order chi connectivity index (χ0) is 11.9. The lowest BCUT2D eigenvalue weighted by Gasteiger charge is -2.24. The molecule has 1 fully saturated rings. The fraction of sp³-hybridized carbons (Fsp3) is 0.538. The highest BCUT2D eigenvalue weighted by atomic mass is 32.1. The SMILES string of the molecule is CC1(Cn2c(=S)[nH]c3cnccc32)CCCC1. The summed E-state index contributed by atoms with van der Waals surface area (Å²) >= 11 is 5.42. The maximum absolute atomic E-state index is 5.42. The molecule has 0 radical (unpaired) electrons.